The summed E-state index contributed by atoms with van der Waals surface area (Å²) in [5.41, 5.74) is -1.89. The van der Waals surface area contributed by atoms with E-state index in [1.807, 2.05) is 6.92 Å². The van der Waals surface area contributed by atoms with Crippen LogP contribution >= 0.6 is 0 Å². The van der Waals surface area contributed by atoms with Crippen molar-refractivity contribution in [1.29, 1.82) is 10.8 Å². The predicted octanol–water partition coefficient (Wildman–Crippen LogP) is 2.17. The Labute approximate surface area is 141 Å². The van der Waals surface area contributed by atoms with Gasteiger partial charge in [-0.25, -0.2) is 9.37 Å². The van der Waals surface area contributed by atoms with Gasteiger partial charge in [-0.3, -0.25) is 15.4 Å². The Morgan fingerprint density at radius 3 is 2.56 bits per heavy atom. The zero-order chi connectivity index (χ0) is 18.8. The van der Waals surface area contributed by atoms with E-state index in [0.29, 0.717) is 31.8 Å². The summed E-state index contributed by atoms with van der Waals surface area (Å²) in [6.45, 7) is 3.42. The van der Waals surface area contributed by atoms with E-state index in [2.05, 4.69) is 10.3 Å². The average Bonchev–Trinajstić information content (AvgIpc) is 2.54. The van der Waals surface area contributed by atoms with Crippen molar-refractivity contribution < 1.29 is 17.6 Å². The van der Waals surface area contributed by atoms with Crippen molar-refractivity contribution >= 4 is 23.2 Å². The van der Waals surface area contributed by atoms with Crippen molar-refractivity contribution in [2.75, 3.05) is 31.6 Å². The minimum absolute atomic E-state index is 0.0529. The second kappa shape index (κ2) is 7.18. The second-order valence-corrected chi connectivity index (χ2v) is 5.28. The molecule has 0 aliphatic heterocycles. The molecule has 0 amide bonds. The molecule has 10 heteroatoms. The molecule has 6 nitrogen and oxygen atoms in total. The van der Waals surface area contributed by atoms with E-state index >= 15 is 0 Å². The highest BCUT2D eigenvalue weighted by atomic mass is 19.4. The lowest BCUT2D eigenvalue weighted by molar-refractivity contribution is -0.139. The van der Waals surface area contributed by atoms with Gasteiger partial charge in [0.25, 0.3) is 0 Å². The van der Waals surface area contributed by atoms with E-state index in [1.54, 1.807) is 11.9 Å². The summed E-state index contributed by atoms with van der Waals surface area (Å²) >= 11 is 0. The maximum absolute atomic E-state index is 13.9. The van der Waals surface area contributed by atoms with E-state index in [9.17, 15) is 17.6 Å². The topological polar surface area (TPSA) is 80.8 Å². The number of rotatable bonds is 6. The summed E-state index contributed by atoms with van der Waals surface area (Å²) in [7, 11) is 1.76. The third kappa shape index (κ3) is 3.63. The molecular weight excluding hydrogens is 340 g/mol. The van der Waals surface area contributed by atoms with Gasteiger partial charge in [0.1, 0.15) is 5.82 Å². The molecular formula is C15H18F4N6. The number of fused-ring (bicyclic) bond motifs is 1. The Hall–Kier alpha value is -2.49. The maximum Gasteiger partial charge on any atom is 0.419 e. The molecule has 1 aromatic carbocycles. The molecule has 25 heavy (non-hydrogen) atoms. The first-order valence-electron chi connectivity index (χ1n) is 7.52. The molecule has 0 spiro atoms. The number of benzene rings is 1. The molecule has 2 rings (SSSR count). The Balaban J connectivity index is 2.75. The molecule has 0 unspecified atom stereocenters. The van der Waals surface area contributed by atoms with Crippen LogP contribution in [0.4, 0.5) is 23.4 Å². The van der Waals surface area contributed by atoms with Crippen molar-refractivity contribution in [3.8, 4) is 0 Å². The van der Waals surface area contributed by atoms with Crippen molar-refractivity contribution in [3.63, 3.8) is 0 Å². The number of likely N-dealkylation sites (N-methyl/N-ethyl adjacent to an activating group) is 2. The summed E-state index contributed by atoms with van der Waals surface area (Å²) in [6.07, 6.45) is -4.15. The Morgan fingerprint density at radius 1 is 1.36 bits per heavy atom. The van der Waals surface area contributed by atoms with Crippen LogP contribution < -0.4 is 15.7 Å². The summed E-state index contributed by atoms with van der Waals surface area (Å²) < 4.78 is 53.6. The number of anilines is 1. The zero-order valence-electron chi connectivity index (χ0n) is 13.7. The van der Waals surface area contributed by atoms with Gasteiger partial charge < -0.3 is 10.2 Å². The highest BCUT2D eigenvalue weighted by Crippen LogP contribution is 2.33. The van der Waals surface area contributed by atoms with Crippen LogP contribution in [-0.2, 0) is 6.18 Å². The number of aromatic nitrogens is 2. The van der Waals surface area contributed by atoms with Crippen LogP contribution in [0.5, 0.6) is 0 Å². The van der Waals surface area contributed by atoms with Gasteiger partial charge in [-0.05, 0) is 20.0 Å². The lowest BCUT2D eigenvalue weighted by Gasteiger charge is -2.23. The van der Waals surface area contributed by atoms with Gasteiger partial charge in [0, 0.05) is 25.7 Å². The van der Waals surface area contributed by atoms with E-state index < -0.39 is 17.6 Å². The fourth-order valence-electron chi connectivity index (χ4n) is 2.46. The van der Waals surface area contributed by atoms with Crippen LogP contribution in [0.15, 0.2) is 12.1 Å². The van der Waals surface area contributed by atoms with Crippen molar-refractivity contribution in [2.45, 2.75) is 13.1 Å². The summed E-state index contributed by atoms with van der Waals surface area (Å²) in [6, 6.07) is 1.27. The minimum atomic E-state index is -4.87. The third-order valence-electron chi connectivity index (χ3n) is 3.75. The van der Waals surface area contributed by atoms with Gasteiger partial charge >= 0.3 is 6.18 Å². The lowest BCUT2D eigenvalue weighted by atomic mass is 10.1. The molecule has 3 N–H and O–H groups in total. The quantitative estimate of drug-likeness (QED) is 0.421. The SMILES string of the molecule is CCN(CCNC)c1nc2cc(F)c(C(F)(F)F)cc2n(C=N)c1=N. The summed E-state index contributed by atoms with van der Waals surface area (Å²) in [5, 5.41) is 18.6. The molecule has 2 aromatic rings. The van der Waals surface area contributed by atoms with Crippen molar-refractivity contribution in [1.82, 2.24) is 14.9 Å². The van der Waals surface area contributed by atoms with Crippen LogP contribution in [0.3, 0.4) is 0 Å². The first-order valence-corrected chi connectivity index (χ1v) is 7.52. The van der Waals surface area contributed by atoms with Gasteiger partial charge in [-0.15, -0.1) is 0 Å². The first-order chi connectivity index (χ1) is 11.7. The molecule has 0 fully saturated rings. The molecule has 0 radical (unpaired) electrons. The Kier molecular flexibility index (Phi) is 5.41. The number of alkyl halides is 3. The highest BCUT2D eigenvalue weighted by molar-refractivity contribution is 5.83. The smallest absolute Gasteiger partial charge is 0.353 e. The standard InChI is InChI=1S/C15H18F4N6/c1-3-24(5-4-22-2)14-13(21)25(8-20)12-6-9(15(17,18)19)10(16)7-11(12)23-14/h6-8,20-22H,3-5H2,1-2H3. The first kappa shape index (κ1) is 18.8. The van der Waals surface area contributed by atoms with Crippen LogP contribution in [0.25, 0.3) is 11.0 Å². The Morgan fingerprint density at radius 2 is 2.04 bits per heavy atom. The van der Waals surface area contributed by atoms with E-state index in [1.165, 1.54) is 0 Å². The van der Waals surface area contributed by atoms with Crippen LogP contribution in [0.2, 0.25) is 0 Å². The molecule has 1 aromatic heterocycles. The van der Waals surface area contributed by atoms with Crippen molar-refractivity contribution in [3.05, 3.63) is 29.0 Å². The number of halogens is 4. The molecule has 136 valence electrons. The van der Waals surface area contributed by atoms with E-state index in [0.717, 1.165) is 10.9 Å². The monoisotopic (exact) mass is 358 g/mol. The average molecular weight is 358 g/mol. The molecule has 0 aliphatic rings. The van der Waals surface area contributed by atoms with Gasteiger partial charge in [0.2, 0.25) is 0 Å². The second-order valence-electron chi connectivity index (χ2n) is 5.28. The fourth-order valence-corrected chi connectivity index (χ4v) is 2.46. The summed E-state index contributed by atoms with van der Waals surface area (Å²) in [4.78, 5) is 5.90. The molecule has 0 saturated heterocycles. The van der Waals surface area contributed by atoms with Gasteiger partial charge in [0.15, 0.2) is 11.3 Å². The predicted molar refractivity (Wildman–Crippen MR) is 86.5 cm³/mol. The third-order valence-corrected chi connectivity index (χ3v) is 3.75. The molecule has 0 atom stereocenters. The number of hydrogen-bond donors (Lipinski definition) is 3. The number of nitrogens with zero attached hydrogens (tertiary/aromatic N) is 3. The number of hydrogen-bond acceptors (Lipinski definition) is 5. The van der Waals surface area contributed by atoms with Gasteiger partial charge in [-0.2, -0.15) is 13.2 Å². The van der Waals surface area contributed by atoms with Gasteiger partial charge in [-0.1, -0.05) is 0 Å². The summed E-state index contributed by atoms with van der Waals surface area (Å²) in [5.74, 6) is -1.26. The van der Waals surface area contributed by atoms with Crippen LogP contribution in [-0.4, -0.2) is 42.6 Å². The molecule has 0 aliphatic carbocycles. The van der Waals surface area contributed by atoms with Crippen molar-refractivity contribution in [2.24, 2.45) is 0 Å². The van der Waals surface area contributed by atoms with Crippen LogP contribution in [0, 0.1) is 16.6 Å². The molecule has 0 saturated carbocycles. The van der Waals surface area contributed by atoms with E-state index in [-0.39, 0.29) is 22.3 Å². The fraction of sp³-hybridized carbons (Fsp3) is 0.400. The molecule has 0 bridgehead atoms. The zero-order valence-corrected chi connectivity index (χ0v) is 13.7. The lowest BCUT2D eigenvalue weighted by Crippen LogP contribution is -2.37. The van der Waals surface area contributed by atoms with Crippen LogP contribution in [0.1, 0.15) is 12.5 Å². The normalized spacial score (nSPS) is 11.8. The minimum Gasteiger partial charge on any atom is -0.353 e. The van der Waals surface area contributed by atoms with Gasteiger partial charge in [0.05, 0.1) is 22.9 Å². The molecule has 1 heterocycles. The highest BCUT2D eigenvalue weighted by Gasteiger charge is 2.35. The maximum atomic E-state index is 13.9. The Bertz CT molecular complexity index is 843. The van der Waals surface area contributed by atoms with E-state index in [4.69, 9.17) is 10.8 Å². The largest absolute Gasteiger partial charge is 0.419 e. The number of nitrogens with one attached hydrogen (secondary N) is 3.